The smallest absolute Gasteiger partial charge is 0.0164 e. The fourth-order valence-electron chi connectivity index (χ4n) is 3.93. The third-order valence-corrected chi connectivity index (χ3v) is 5.20. The van der Waals surface area contributed by atoms with E-state index < -0.39 is 0 Å². The molecule has 0 spiro atoms. The first-order valence-electron chi connectivity index (χ1n) is 9.17. The molecule has 24 heavy (non-hydrogen) atoms. The Bertz CT molecular complexity index is 733. The molecule has 0 amide bonds. The maximum Gasteiger partial charge on any atom is 0.0164 e. The highest BCUT2D eigenvalue weighted by Gasteiger charge is 2.17. The summed E-state index contributed by atoms with van der Waals surface area (Å²) in [6.45, 7) is 2.20. The maximum absolute atomic E-state index is 3.48. The van der Waals surface area contributed by atoms with E-state index in [0.29, 0.717) is 0 Å². The van der Waals surface area contributed by atoms with Crippen LogP contribution < -0.4 is 5.32 Å². The van der Waals surface area contributed by atoms with Crippen LogP contribution in [-0.2, 0) is 12.8 Å². The van der Waals surface area contributed by atoms with Crippen molar-refractivity contribution in [1.29, 1.82) is 0 Å². The zero-order chi connectivity index (χ0) is 16.2. The zero-order valence-electron chi connectivity index (χ0n) is 14.2. The van der Waals surface area contributed by atoms with Gasteiger partial charge in [0.2, 0.25) is 0 Å². The van der Waals surface area contributed by atoms with Crippen molar-refractivity contribution >= 4 is 5.57 Å². The zero-order valence-corrected chi connectivity index (χ0v) is 14.2. The molecule has 1 nitrogen and oxygen atoms in total. The first-order chi connectivity index (χ1) is 11.9. The van der Waals surface area contributed by atoms with Crippen LogP contribution in [0.5, 0.6) is 0 Å². The maximum atomic E-state index is 3.48. The van der Waals surface area contributed by atoms with Gasteiger partial charge in [0.1, 0.15) is 0 Å². The van der Waals surface area contributed by atoms with E-state index in [-0.39, 0.29) is 0 Å². The van der Waals surface area contributed by atoms with Crippen molar-refractivity contribution in [1.82, 2.24) is 5.32 Å². The van der Waals surface area contributed by atoms with Gasteiger partial charge in [0.25, 0.3) is 0 Å². The molecule has 1 aliphatic heterocycles. The predicted molar refractivity (Wildman–Crippen MR) is 102 cm³/mol. The molecule has 122 valence electrons. The predicted octanol–water partition coefficient (Wildman–Crippen LogP) is 4.92. The molecule has 0 saturated heterocycles. The summed E-state index contributed by atoms with van der Waals surface area (Å²) in [5, 5.41) is 3.48. The van der Waals surface area contributed by atoms with Gasteiger partial charge in [0, 0.05) is 6.54 Å². The van der Waals surface area contributed by atoms with Crippen LogP contribution in [0, 0.1) is 0 Å². The normalized spacial score (nSPS) is 16.7. The SMILES string of the molecule is C1=C(CCC=C2c3ccccc3CCc3ccccc32)CNCC1. The van der Waals surface area contributed by atoms with Crippen molar-refractivity contribution in [2.24, 2.45) is 0 Å². The van der Waals surface area contributed by atoms with Crippen molar-refractivity contribution in [2.75, 3.05) is 13.1 Å². The number of aryl methyl sites for hydroxylation is 2. The molecule has 2 aromatic rings. The quantitative estimate of drug-likeness (QED) is 0.793. The van der Waals surface area contributed by atoms with Crippen LogP contribution in [-0.4, -0.2) is 13.1 Å². The second kappa shape index (κ2) is 7.19. The molecule has 2 aromatic carbocycles. The highest BCUT2D eigenvalue weighted by Crippen LogP contribution is 2.34. The van der Waals surface area contributed by atoms with E-state index in [0.717, 1.165) is 32.4 Å². The fourth-order valence-corrected chi connectivity index (χ4v) is 3.93. The lowest BCUT2D eigenvalue weighted by molar-refractivity contribution is 0.679. The van der Waals surface area contributed by atoms with Gasteiger partial charge in [-0.2, -0.15) is 0 Å². The minimum absolute atomic E-state index is 1.07. The summed E-state index contributed by atoms with van der Waals surface area (Å²) < 4.78 is 0. The molecule has 0 radical (unpaired) electrons. The molecule has 1 N–H and O–H groups in total. The van der Waals surface area contributed by atoms with Gasteiger partial charge < -0.3 is 5.32 Å². The van der Waals surface area contributed by atoms with Crippen LogP contribution in [0.2, 0.25) is 0 Å². The Morgan fingerprint density at radius 1 is 0.875 bits per heavy atom. The number of nitrogens with one attached hydrogen (secondary N) is 1. The summed E-state index contributed by atoms with van der Waals surface area (Å²) in [5.41, 5.74) is 8.82. The molecule has 1 heteroatoms. The van der Waals surface area contributed by atoms with Gasteiger partial charge >= 0.3 is 0 Å². The van der Waals surface area contributed by atoms with Crippen LogP contribution in [0.15, 0.2) is 66.3 Å². The minimum atomic E-state index is 1.07. The Kier molecular flexibility index (Phi) is 4.62. The van der Waals surface area contributed by atoms with Crippen molar-refractivity contribution in [3.63, 3.8) is 0 Å². The Hall–Kier alpha value is -2.12. The second-order valence-electron chi connectivity index (χ2n) is 6.80. The van der Waals surface area contributed by atoms with Gasteiger partial charge in [0.15, 0.2) is 0 Å². The number of benzene rings is 2. The van der Waals surface area contributed by atoms with Gasteiger partial charge in [-0.1, -0.05) is 66.3 Å². The molecule has 0 bridgehead atoms. The van der Waals surface area contributed by atoms with Crippen LogP contribution in [0.1, 0.15) is 41.5 Å². The highest BCUT2D eigenvalue weighted by atomic mass is 14.9. The van der Waals surface area contributed by atoms with Gasteiger partial charge in [-0.25, -0.2) is 0 Å². The minimum Gasteiger partial charge on any atom is -0.313 e. The van der Waals surface area contributed by atoms with Crippen LogP contribution in [0.4, 0.5) is 0 Å². The lowest BCUT2D eigenvalue weighted by Crippen LogP contribution is -2.22. The molecular formula is C23H25N. The summed E-state index contributed by atoms with van der Waals surface area (Å²) in [6.07, 6.45) is 10.6. The van der Waals surface area contributed by atoms with Crippen LogP contribution >= 0.6 is 0 Å². The molecule has 0 fully saturated rings. The van der Waals surface area contributed by atoms with E-state index in [9.17, 15) is 0 Å². The van der Waals surface area contributed by atoms with Crippen molar-refractivity contribution in [3.8, 4) is 0 Å². The lowest BCUT2D eigenvalue weighted by Gasteiger charge is -2.15. The molecule has 1 aliphatic carbocycles. The van der Waals surface area contributed by atoms with Gasteiger partial charge in [-0.3, -0.25) is 0 Å². The summed E-state index contributed by atoms with van der Waals surface area (Å²) in [7, 11) is 0. The lowest BCUT2D eigenvalue weighted by atomic mass is 9.92. The van der Waals surface area contributed by atoms with Gasteiger partial charge in [-0.05, 0) is 66.5 Å². The van der Waals surface area contributed by atoms with E-state index in [1.165, 1.54) is 40.7 Å². The molecule has 0 atom stereocenters. The van der Waals surface area contributed by atoms with Crippen LogP contribution in [0.3, 0.4) is 0 Å². The number of fused-ring (bicyclic) bond motifs is 2. The van der Waals surface area contributed by atoms with Gasteiger partial charge in [0.05, 0.1) is 0 Å². The molecule has 0 saturated carbocycles. The van der Waals surface area contributed by atoms with Crippen molar-refractivity contribution < 1.29 is 0 Å². The van der Waals surface area contributed by atoms with E-state index in [1.807, 2.05) is 0 Å². The molecule has 2 aliphatic rings. The summed E-state index contributed by atoms with van der Waals surface area (Å²) in [4.78, 5) is 0. The van der Waals surface area contributed by atoms with E-state index >= 15 is 0 Å². The monoisotopic (exact) mass is 315 g/mol. The number of hydrogen-bond donors (Lipinski definition) is 1. The Morgan fingerprint density at radius 2 is 1.54 bits per heavy atom. The fraction of sp³-hybridized carbons (Fsp3) is 0.304. The largest absolute Gasteiger partial charge is 0.313 e. The Morgan fingerprint density at radius 3 is 2.17 bits per heavy atom. The summed E-state index contributed by atoms with van der Waals surface area (Å²) >= 11 is 0. The summed E-state index contributed by atoms with van der Waals surface area (Å²) in [6, 6.07) is 17.9. The molecular weight excluding hydrogens is 290 g/mol. The number of allylic oxidation sites excluding steroid dienone is 1. The van der Waals surface area contributed by atoms with Gasteiger partial charge in [-0.15, -0.1) is 0 Å². The molecule has 0 aromatic heterocycles. The van der Waals surface area contributed by atoms with Crippen molar-refractivity contribution in [3.05, 3.63) is 88.5 Å². The Labute approximate surface area is 145 Å². The summed E-state index contributed by atoms with van der Waals surface area (Å²) in [5.74, 6) is 0. The van der Waals surface area contributed by atoms with E-state index in [2.05, 4.69) is 66.0 Å². The molecule has 0 unspecified atom stereocenters. The standard InChI is InChI=1S/C23H25N/c1-3-11-21-19(9-1)14-15-20-10-2-4-12-22(20)23(21)13-5-7-18-8-6-16-24-17-18/h1-4,8-13,24H,5-7,14-17H2. The average Bonchev–Trinajstić information content (AvgIpc) is 2.80. The topological polar surface area (TPSA) is 12.0 Å². The third-order valence-electron chi connectivity index (χ3n) is 5.20. The van der Waals surface area contributed by atoms with E-state index in [4.69, 9.17) is 0 Å². The molecule has 1 heterocycles. The number of rotatable bonds is 3. The Balaban J connectivity index is 1.67. The number of hydrogen-bond acceptors (Lipinski definition) is 1. The third kappa shape index (κ3) is 3.22. The second-order valence-corrected chi connectivity index (χ2v) is 6.80. The van der Waals surface area contributed by atoms with Crippen molar-refractivity contribution in [2.45, 2.75) is 32.1 Å². The average molecular weight is 315 g/mol. The van der Waals surface area contributed by atoms with Crippen LogP contribution in [0.25, 0.3) is 5.57 Å². The van der Waals surface area contributed by atoms with E-state index in [1.54, 1.807) is 5.57 Å². The first kappa shape index (κ1) is 15.4. The molecule has 4 rings (SSSR count). The highest BCUT2D eigenvalue weighted by molar-refractivity contribution is 5.83. The first-order valence-corrected chi connectivity index (χ1v) is 9.17.